The third-order valence-corrected chi connectivity index (χ3v) is 3.52. The minimum Gasteiger partial charge on any atom is -0.243 e. The van der Waals surface area contributed by atoms with Crippen LogP contribution in [-0.4, -0.2) is 9.97 Å². The predicted octanol–water partition coefficient (Wildman–Crippen LogP) is 3.24. The Hall–Kier alpha value is -0.190. The molecule has 0 aliphatic heterocycles. The molecular weight excluding hydrogens is 260 g/mol. The predicted molar refractivity (Wildman–Crippen MR) is 55.1 cm³/mol. The second kappa shape index (κ2) is 3.28. The monoisotopic (exact) mass is 262 g/mol. The van der Waals surface area contributed by atoms with Crippen LogP contribution in [0.15, 0.2) is 12.3 Å². The molecule has 0 aliphatic carbocycles. The topological polar surface area (TPSA) is 25.8 Å². The summed E-state index contributed by atoms with van der Waals surface area (Å²) in [5, 5.41) is 2.33. The van der Waals surface area contributed by atoms with Gasteiger partial charge >= 0.3 is 0 Å². The molecule has 5 heteroatoms. The number of aromatic nitrogens is 2. The largest absolute Gasteiger partial charge is 0.243 e. The highest BCUT2D eigenvalue weighted by Gasteiger charge is 2.02. The summed E-state index contributed by atoms with van der Waals surface area (Å²) in [4.78, 5) is 8.31. The maximum absolute atomic E-state index is 5.71. The van der Waals surface area contributed by atoms with E-state index in [1.807, 2.05) is 0 Å². The number of fused-ring (bicyclic) bond motifs is 1. The average molecular weight is 264 g/mol. The number of hydrogen-bond acceptors (Lipinski definition) is 3. The van der Waals surface area contributed by atoms with E-state index in [4.69, 9.17) is 11.6 Å². The van der Waals surface area contributed by atoms with Crippen molar-refractivity contribution in [1.29, 1.82) is 0 Å². The van der Waals surface area contributed by atoms with Gasteiger partial charge in [-0.05, 0) is 0 Å². The summed E-state index contributed by atoms with van der Waals surface area (Å²) >= 11 is 10.7. The lowest BCUT2D eigenvalue weighted by atomic mass is 10.4. The van der Waals surface area contributed by atoms with Crippen molar-refractivity contribution in [2.45, 2.75) is 5.33 Å². The van der Waals surface area contributed by atoms with E-state index in [-0.39, 0.29) is 0 Å². The molecule has 0 spiro atoms. The molecule has 0 atom stereocenters. The Kier molecular flexibility index (Phi) is 2.30. The maximum Gasteiger partial charge on any atom is 0.131 e. The van der Waals surface area contributed by atoms with Crippen LogP contribution in [0.25, 0.3) is 10.2 Å². The van der Waals surface area contributed by atoms with Crippen LogP contribution in [0, 0.1) is 0 Å². The van der Waals surface area contributed by atoms with Gasteiger partial charge in [-0.15, -0.1) is 11.3 Å². The van der Waals surface area contributed by atoms with E-state index in [1.54, 1.807) is 23.6 Å². The van der Waals surface area contributed by atoms with E-state index in [0.717, 1.165) is 20.6 Å². The van der Waals surface area contributed by atoms with E-state index >= 15 is 0 Å². The fraction of sp³-hybridized carbons (Fsp3) is 0.143. The molecule has 0 fully saturated rings. The highest BCUT2D eigenvalue weighted by atomic mass is 79.9. The zero-order chi connectivity index (χ0) is 8.55. The number of thiazole rings is 1. The first-order valence-corrected chi connectivity index (χ1v) is 5.58. The standard InChI is InChI=1S/C7H4BrClN2S/c8-2-7-11-4-1-6(9)10-3-5(4)12-7/h1,3H,2H2. The Morgan fingerprint density at radius 3 is 3.17 bits per heavy atom. The van der Waals surface area contributed by atoms with Crippen molar-refractivity contribution in [1.82, 2.24) is 9.97 Å². The molecular formula is C7H4BrClN2S. The SMILES string of the molecule is Clc1cc2nc(CBr)sc2cn1. The summed E-state index contributed by atoms with van der Waals surface area (Å²) in [5.74, 6) is 0. The summed E-state index contributed by atoms with van der Waals surface area (Å²) in [6.45, 7) is 0. The average Bonchev–Trinajstić information content (AvgIpc) is 2.46. The van der Waals surface area contributed by atoms with Crippen molar-refractivity contribution in [2.75, 3.05) is 0 Å². The molecule has 0 unspecified atom stereocenters. The summed E-state index contributed by atoms with van der Waals surface area (Å²) in [7, 11) is 0. The summed E-state index contributed by atoms with van der Waals surface area (Å²) in [6.07, 6.45) is 1.75. The van der Waals surface area contributed by atoms with Crippen LogP contribution in [0.3, 0.4) is 0 Å². The molecule has 2 aromatic heterocycles. The van der Waals surface area contributed by atoms with E-state index in [0.29, 0.717) is 5.15 Å². The van der Waals surface area contributed by atoms with Crippen molar-refractivity contribution in [3.05, 3.63) is 22.4 Å². The number of rotatable bonds is 1. The van der Waals surface area contributed by atoms with E-state index in [2.05, 4.69) is 25.9 Å². The fourth-order valence-corrected chi connectivity index (χ4v) is 2.30. The quantitative estimate of drug-likeness (QED) is 0.583. The first-order chi connectivity index (χ1) is 5.79. The first-order valence-electron chi connectivity index (χ1n) is 3.26. The molecule has 2 aromatic rings. The fourth-order valence-electron chi connectivity index (χ4n) is 0.915. The van der Waals surface area contributed by atoms with Gasteiger partial charge in [-0.2, -0.15) is 0 Å². The Bertz CT molecular complexity index is 415. The molecule has 0 N–H and O–H groups in total. The molecule has 62 valence electrons. The highest BCUT2D eigenvalue weighted by molar-refractivity contribution is 9.08. The number of nitrogens with zero attached hydrogens (tertiary/aromatic N) is 2. The van der Waals surface area contributed by atoms with Crippen LogP contribution < -0.4 is 0 Å². The Balaban J connectivity index is 2.67. The van der Waals surface area contributed by atoms with Crippen molar-refractivity contribution in [3.8, 4) is 0 Å². The van der Waals surface area contributed by atoms with Crippen LogP contribution in [0.2, 0.25) is 5.15 Å². The Morgan fingerprint density at radius 1 is 1.58 bits per heavy atom. The van der Waals surface area contributed by atoms with Gasteiger partial charge in [-0.3, -0.25) is 0 Å². The summed E-state index contributed by atoms with van der Waals surface area (Å²) in [6, 6.07) is 1.78. The molecule has 0 aromatic carbocycles. The molecule has 2 heterocycles. The van der Waals surface area contributed by atoms with Crippen molar-refractivity contribution >= 4 is 49.1 Å². The van der Waals surface area contributed by atoms with Crippen molar-refractivity contribution in [2.24, 2.45) is 0 Å². The lowest BCUT2D eigenvalue weighted by Crippen LogP contribution is -1.74. The zero-order valence-corrected chi connectivity index (χ0v) is 9.08. The van der Waals surface area contributed by atoms with Gasteiger partial charge in [0.15, 0.2) is 0 Å². The molecule has 0 saturated carbocycles. The summed E-state index contributed by atoms with van der Waals surface area (Å²) < 4.78 is 1.08. The maximum atomic E-state index is 5.71. The lowest BCUT2D eigenvalue weighted by molar-refractivity contribution is 1.30. The van der Waals surface area contributed by atoms with Crippen molar-refractivity contribution < 1.29 is 0 Å². The van der Waals surface area contributed by atoms with Gasteiger partial charge in [0.2, 0.25) is 0 Å². The zero-order valence-electron chi connectivity index (χ0n) is 5.92. The molecule has 2 nitrogen and oxygen atoms in total. The highest BCUT2D eigenvalue weighted by Crippen LogP contribution is 2.24. The Morgan fingerprint density at radius 2 is 2.42 bits per heavy atom. The van der Waals surface area contributed by atoms with E-state index < -0.39 is 0 Å². The normalized spacial score (nSPS) is 10.8. The van der Waals surface area contributed by atoms with Gasteiger partial charge in [0.05, 0.1) is 15.5 Å². The molecule has 0 aliphatic rings. The Labute approximate surface area is 86.7 Å². The molecule has 2 rings (SSSR count). The van der Waals surface area contributed by atoms with Crippen LogP contribution >= 0.6 is 38.9 Å². The third-order valence-electron chi connectivity index (χ3n) is 1.40. The van der Waals surface area contributed by atoms with Crippen molar-refractivity contribution in [3.63, 3.8) is 0 Å². The second-order valence-electron chi connectivity index (χ2n) is 2.22. The van der Waals surface area contributed by atoms with Crippen LogP contribution in [0.5, 0.6) is 0 Å². The number of alkyl halides is 1. The first kappa shape index (κ1) is 8.41. The van der Waals surface area contributed by atoms with Crippen LogP contribution in [-0.2, 0) is 5.33 Å². The second-order valence-corrected chi connectivity index (χ2v) is 4.28. The number of hydrogen-bond donors (Lipinski definition) is 0. The van der Waals surface area contributed by atoms with Gasteiger partial charge in [0.25, 0.3) is 0 Å². The number of halogens is 2. The van der Waals surface area contributed by atoms with Gasteiger partial charge < -0.3 is 0 Å². The van der Waals surface area contributed by atoms with Gasteiger partial charge in [-0.25, -0.2) is 9.97 Å². The van der Waals surface area contributed by atoms with E-state index in [9.17, 15) is 0 Å². The van der Waals surface area contributed by atoms with Gasteiger partial charge in [0.1, 0.15) is 10.2 Å². The third kappa shape index (κ3) is 1.46. The molecule has 12 heavy (non-hydrogen) atoms. The van der Waals surface area contributed by atoms with Crippen LogP contribution in [0.4, 0.5) is 0 Å². The van der Waals surface area contributed by atoms with E-state index in [1.165, 1.54) is 0 Å². The molecule has 0 bridgehead atoms. The minimum atomic E-state index is 0.494. The van der Waals surface area contributed by atoms with Crippen LogP contribution in [0.1, 0.15) is 5.01 Å². The molecule has 0 amide bonds. The smallest absolute Gasteiger partial charge is 0.131 e. The molecule has 0 saturated heterocycles. The van der Waals surface area contributed by atoms with Gasteiger partial charge in [0, 0.05) is 12.3 Å². The minimum absolute atomic E-state index is 0.494. The number of pyridine rings is 1. The van der Waals surface area contributed by atoms with Gasteiger partial charge in [-0.1, -0.05) is 27.5 Å². The lowest BCUT2D eigenvalue weighted by Gasteiger charge is -1.86. The molecule has 0 radical (unpaired) electrons. The summed E-state index contributed by atoms with van der Waals surface area (Å²) in [5.41, 5.74) is 0.925.